The Balaban J connectivity index is 1.68. The SMILES string of the molecule is CCCCc1cnc(-c2ccc(OCC3CC[CH]CC3)c(C#N)c2)nc1. The average molecular weight is 348 g/mol. The van der Waals surface area contributed by atoms with Crippen molar-refractivity contribution in [2.45, 2.75) is 51.9 Å². The number of aromatic nitrogens is 2. The molecule has 135 valence electrons. The van der Waals surface area contributed by atoms with Crippen LogP contribution in [-0.2, 0) is 6.42 Å². The fourth-order valence-corrected chi connectivity index (χ4v) is 3.27. The van der Waals surface area contributed by atoms with E-state index in [1.807, 2.05) is 30.6 Å². The van der Waals surface area contributed by atoms with E-state index in [-0.39, 0.29) is 0 Å². The standard InChI is InChI=1S/C22H26N3O/c1-2-3-7-18-14-24-22(25-15-18)19-10-11-21(20(12-19)13-23)26-16-17-8-5-4-6-9-17/h4,10-12,14-15,17H,2-3,5-9,16H2,1H3. The number of unbranched alkanes of at least 4 members (excludes halogenated alkanes) is 1. The lowest BCUT2D eigenvalue weighted by atomic mass is 9.90. The van der Waals surface area contributed by atoms with E-state index in [4.69, 9.17) is 4.74 Å². The van der Waals surface area contributed by atoms with Gasteiger partial charge >= 0.3 is 0 Å². The Kier molecular flexibility index (Phi) is 6.60. The summed E-state index contributed by atoms with van der Waals surface area (Å²) in [6.07, 6.45) is 14.1. The molecule has 1 aliphatic carbocycles. The molecule has 0 bridgehead atoms. The van der Waals surface area contributed by atoms with E-state index >= 15 is 0 Å². The van der Waals surface area contributed by atoms with Gasteiger partial charge in [0.1, 0.15) is 11.8 Å². The first-order chi connectivity index (χ1) is 12.8. The van der Waals surface area contributed by atoms with E-state index < -0.39 is 0 Å². The monoisotopic (exact) mass is 348 g/mol. The van der Waals surface area contributed by atoms with Crippen molar-refractivity contribution in [2.24, 2.45) is 5.92 Å². The van der Waals surface area contributed by atoms with Gasteiger partial charge in [0.05, 0.1) is 12.2 Å². The third-order valence-corrected chi connectivity index (χ3v) is 4.92. The van der Waals surface area contributed by atoms with Gasteiger partial charge in [0.15, 0.2) is 5.82 Å². The van der Waals surface area contributed by atoms with E-state index in [0.29, 0.717) is 29.7 Å². The van der Waals surface area contributed by atoms with Gasteiger partial charge < -0.3 is 4.74 Å². The van der Waals surface area contributed by atoms with Gasteiger partial charge in [-0.25, -0.2) is 9.97 Å². The van der Waals surface area contributed by atoms with Crippen LogP contribution >= 0.6 is 0 Å². The largest absolute Gasteiger partial charge is 0.492 e. The van der Waals surface area contributed by atoms with Crippen molar-refractivity contribution in [1.82, 2.24) is 9.97 Å². The molecule has 2 aromatic rings. The van der Waals surface area contributed by atoms with Gasteiger partial charge in [-0.15, -0.1) is 0 Å². The maximum Gasteiger partial charge on any atom is 0.159 e. The van der Waals surface area contributed by atoms with E-state index in [1.54, 1.807) is 0 Å². The predicted molar refractivity (Wildman–Crippen MR) is 103 cm³/mol. The molecule has 0 spiro atoms. The normalized spacial score (nSPS) is 14.8. The van der Waals surface area contributed by atoms with Crippen LogP contribution in [0.15, 0.2) is 30.6 Å². The molecule has 1 radical (unpaired) electrons. The van der Waals surface area contributed by atoms with E-state index in [0.717, 1.165) is 30.4 Å². The van der Waals surface area contributed by atoms with E-state index in [2.05, 4.69) is 29.4 Å². The number of nitriles is 1. The van der Waals surface area contributed by atoms with Gasteiger partial charge in [0.2, 0.25) is 0 Å². The molecule has 1 saturated carbocycles. The minimum atomic E-state index is 0.545. The van der Waals surface area contributed by atoms with Gasteiger partial charge in [-0.2, -0.15) is 5.26 Å². The van der Waals surface area contributed by atoms with Crippen LogP contribution in [0.4, 0.5) is 0 Å². The molecular weight excluding hydrogens is 322 g/mol. The second-order valence-electron chi connectivity index (χ2n) is 6.96. The van der Waals surface area contributed by atoms with Crippen molar-refractivity contribution < 1.29 is 4.74 Å². The Morgan fingerprint density at radius 3 is 2.65 bits per heavy atom. The van der Waals surface area contributed by atoms with Crippen molar-refractivity contribution in [3.8, 4) is 23.2 Å². The highest BCUT2D eigenvalue weighted by atomic mass is 16.5. The summed E-state index contributed by atoms with van der Waals surface area (Å²) >= 11 is 0. The minimum Gasteiger partial charge on any atom is -0.492 e. The molecule has 0 aliphatic heterocycles. The molecule has 0 saturated heterocycles. The zero-order chi connectivity index (χ0) is 18.2. The lowest BCUT2D eigenvalue weighted by Crippen LogP contribution is -2.15. The van der Waals surface area contributed by atoms with Crippen LogP contribution in [0.1, 0.15) is 56.6 Å². The minimum absolute atomic E-state index is 0.545. The number of nitrogens with zero attached hydrogens (tertiary/aromatic N) is 3. The van der Waals surface area contributed by atoms with Crippen LogP contribution in [0.3, 0.4) is 0 Å². The number of rotatable bonds is 7. The topological polar surface area (TPSA) is 58.8 Å². The smallest absolute Gasteiger partial charge is 0.159 e. The highest BCUT2D eigenvalue weighted by Gasteiger charge is 2.15. The molecule has 1 aromatic carbocycles. The third-order valence-electron chi connectivity index (χ3n) is 4.92. The molecule has 0 N–H and O–H groups in total. The van der Waals surface area contributed by atoms with Crippen LogP contribution in [0, 0.1) is 23.7 Å². The van der Waals surface area contributed by atoms with Gasteiger partial charge in [0.25, 0.3) is 0 Å². The molecule has 1 aromatic heterocycles. The first-order valence-electron chi connectivity index (χ1n) is 9.60. The molecule has 1 aliphatic rings. The Hall–Kier alpha value is -2.41. The summed E-state index contributed by atoms with van der Waals surface area (Å²) in [7, 11) is 0. The van der Waals surface area contributed by atoms with Gasteiger partial charge in [-0.1, -0.05) is 13.3 Å². The Labute approximate surface area is 156 Å². The molecule has 3 rings (SSSR count). The number of hydrogen-bond acceptors (Lipinski definition) is 4. The third kappa shape index (κ3) is 4.82. The lowest BCUT2D eigenvalue weighted by molar-refractivity contribution is 0.220. The maximum absolute atomic E-state index is 9.49. The molecule has 26 heavy (non-hydrogen) atoms. The molecule has 0 amide bonds. The Morgan fingerprint density at radius 1 is 1.19 bits per heavy atom. The van der Waals surface area contributed by atoms with E-state index in [9.17, 15) is 5.26 Å². The van der Waals surface area contributed by atoms with Crippen LogP contribution in [0.25, 0.3) is 11.4 Å². The summed E-state index contributed by atoms with van der Waals surface area (Å²) in [6, 6.07) is 7.88. The highest BCUT2D eigenvalue weighted by molar-refractivity contribution is 5.61. The van der Waals surface area contributed by atoms with Crippen molar-refractivity contribution in [2.75, 3.05) is 6.61 Å². The lowest BCUT2D eigenvalue weighted by Gasteiger charge is -2.21. The van der Waals surface area contributed by atoms with E-state index in [1.165, 1.54) is 25.7 Å². The van der Waals surface area contributed by atoms with Gasteiger partial charge in [-0.05, 0) is 74.6 Å². The molecule has 1 heterocycles. The molecule has 1 fully saturated rings. The summed E-state index contributed by atoms with van der Waals surface area (Å²) in [4.78, 5) is 8.92. The first-order valence-corrected chi connectivity index (χ1v) is 9.60. The number of ether oxygens (including phenoxy) is 1. The number of hydrogen-bond donors (Lipinski definition) is 0. The zero-order valence-corrected chi connectivity index (χ0v) is 15.4. The summed E-state index contributed by atoms with van der Waals surface area (Å²) < 4.78 is 5.94. The zero-order valence-electron chi connectivity index (χ0n) is 15.4. The fraction of sp³-hybridized carbons (Fsp3) is 0.455. The number of aryl methyl sites for hydroxylation is 1. The van der Waals surface area contributed by atoms with Crippen LogP contribution in [0.2, 0.25) is 0 Å². The van der Waals surface area contributed by atoms with Crippen LogP contribution < -0.4 is 4.74 Å². The maximum atomic E-state index is 9.49. The van der Waals surface area contributed by atoms with Crippen molar-refractivity contribution >= 4 is 0 Å². The summed E-state index contributed by atoms with van der Waals surface area (Å²) in [5.74, 6) is 1.90. The molecule has 0 unspecified atom stereocenters. The quantitative estimate of drug-likeness (QED) is 0.696. The van der Waals surface area contributed by atoms with Crippen molar-refractivity contribution in [3.63, 3.8) is 0 Å². The molecular formula is C22H26N3O. The Morgan fingerprint density at radius 2 is 1.96 bits per heavy atom. The molecule has 4 heteroatoms. The van der Waals surface area contributed by atoms with Crippen molar-refractivity contribution in [3.05, 3.63) is 48.1 Å². The molecule has 4 nitrogen and oxygen atoms in total. The summed E-state index contributed by atoms with van der Waals surface area (Å²) in [6.45, 7) is 2.86. The summed E-state index contributed by atoms with van der Waals surface area (Å²) in [5.41, 5.74) is 2.55. The number of benzene rings is 1. The van der Waals surface area contributed by atoms with Crippen LogP contribution in [-0.4, -0.2) is 16.6 Å². The van der Waals surface area contributed by atoms with Crippen molar-refractivity contribution in [1.29, 1.82) is 5.26 Å². The van der Waals surface area contributed by atoms with Gasteiger partial charge in [-0.3, -0.25) is 0 Å². The second-order valence-corrected chi connectivity index (χ2v) is 6.96. The average Bonchev–Trinajstić information content (AvgIpc) is 2.71. The fourth-order valence-electron chi connectivity index (χ4n) is 3.27. The summed E-state index contributed by atoms with van der Waals surface area (Å²) in [5, 5.41) is 9.49. The predicted octanol–water partition coefficient (Wildman–Crippen LogP) is 5.13. The van der Waals surface area contributed by atoms with Gasteiger partial charge in [0, 0.05) is 18.0 Å². The highest BCUT2D eigenvalue weighted by Crippen LogP contribution is 2.27. The first kappa shape index (κ1) is 18.4. The Bertz CT molecular complexity index is 743. The second kappa shape index (κ2) is 9.33. The molecule has 0 atom stereocenters. The van der Waals surface area contributed by atoms with Crippen LogP contribution in [0.5, 0.6) is 5.75 Å².